The number of rotatable bonds is 3. The molecule has 1 aliphatic rings. The lowest BCUT2D eigenvalue weighted by molar-refractivity contribution is -0.125. The van der Waals surface area contributed by atoms with Crippen LogP contribution < -0.4 is 11.1 Å². The molecule has 0 spiro atoms. The first-order valence-electron chi connectivity index (χ1n) is 5.68. The molecule has 0 heterocycles. The van der Waals surface area contributed by atoms with Gasteiger partial charge in [-0.3, -0.25) is 4.79 Å². The van der Waals surface area contributed by atoms with Gasteiger partial charge in [-0.1, -0.05) is 34.6 Å². The van der Waals surface area contributed by atoms with Crippen molar-refractivity contribution >= 4 is 5.91 Å². The molecule has 3 nitrogen and oxygen atoms in total. The van der Waals surface area contributed by atoms with Gasteiger partial charge < -0.3 is 11.1 Å². The second kappa shape index (κ2) is 3.48. The van der Waals surface area contributed by atoms with Gasteiger partial charge in [-0.05, 0) is 17.8 Å². The van der Waals surface area contributed by atoms with E-state index in [1.54, 1.807) is 0 Å². The summed E-state index contributed by atoms with van der Waals surface area (Å²) in [6.07, 6.45) is 0. The molecular formula is C12H24N2O. The molecule has 2 unspecified atom stereocenters. The van der Waals surface area contributed by atoms with Gasteiger partial charge in [0.05, 0.1) is 0 Å². The van der Waals surface area contributed by atoms with Crippen LogP contribution >= 0.6 is 0 Å². The highest BCUT2D eigenvalue weighted by Crippen LogP contribution is 2.62. The quantitative estimate of drug-likeness (QED) is 0.745. The van der Waals surface area contributed by atoms with Crippen molar-refractivity contribution in [2.75, 3.05) is 0 Å². The summed E-state index contributed by atoms with van der Waals surface area (Å²) < 4.78 is 0. The zero-order valence-corrected chi connectivity index (χ0v) is 10.7. The molecule has 0 aromatic carbocycles. The van der Waals surface area contributed by atoms with E-state index in [1.165, 1.54) is 0 Å². The van der Waals surface area contributed by atoms with E-state index >= 15 is 0 Å². The Kier molecular flexibility index (Phi) is 2.90. The van der Waals surface area contributed by atoms with Crippen LogP contribution in [0.5, 0.6) is 0 Å². The number of carbonyl (C=O) groups excluding carboxylic acids is 1. The third-order valence-electron chi connectivity index (χ3n) is 4.51. The molecule has 1 fully saturated rings. The van der Waals surface area contributed by atoms with Crippen molar-refractivity contribution < 1.29 is 4.79 Å². The second-order valence-electron chi connectivity index (χ2n) is 6.03. The van der Waals surface area contributed by atoms with E-state index in [-0.39, 0.29) is 34.7 Å². The largest absolute Gasteiger partial charge is 0.352 e. The normalized spacial score (nSPS) is 26.9. The van der Waals surface area contributed by atoms with E-state index in [0.29, 0.717) is 0 Å². The molecule has 1 rings (SSSR count). The number of nitrogens with one attached hydrogen (secondary N) is 1. The minimum atomic E-state index is -0.114. The topological polar surface area (TPSA) is 55.1 Å². The number of amides is 1. The summed E-state index contributed by atoms with van der Waals surface area (Å²) in [4.78, 5) is 11.8. The fourth-order valence-electron chi connectivity index (χ4n) is 2.07. The zero-order chi connectivity index (χ0) is 12.0. The average molecular weight is 212 g/mol. The maximum absolute atomic E-state index is 11.8. The van der Waals surface area contributed by atoms with Crippen molar-refractivity contribution in [2.24, 2.45) is 22.5 Å². The van der Waals surface area contributed by atoms with Gasteiger partial charge in [-0.15, -0.1) is 0 Å². The van der Waals surface area contributed by atoms with E-state index in [9.17, 15) is 4.79 Å². The Morgan fingerprint density at radius 1 is 1.20 bits per heavy atom. The van der Waals surface area contributed by atoms with Gasteiger partial charge in [0.1, 0.15) is 0 Å². The van der Waals surface area contributed by atoms with Crippen LogP contribution in [0.1, 0.15) is 41.5 Å². The van der Waals surface area contributed by atoms with Gasteiger partial charge in [0.15, 0.2) is 0 Å². The average Bonchev–Trinajstić information content (AvgIpc) is 2.46. The Hall–Kier alpha value is -0.570. The van der Waals surface area contributed by atoms with Crippen LogP contribution in [0.15, 0.2) is 0 Å². The molecule has 88 valence electrons. The molecule has 2 atom stereocenters. The second-order valence-corrected chi connectivity index (χ2v) is 6.03. The predicted octanol–water partition coefficient (Wildman–Crippen LogP) is 1.52. The highest BCUT2D eigenvalue weighted by molar-refractivity contribution is 5.80. The smallest absolute Gasteiger partial charge is 0.224 e. The Labute approximate surface area is 92.8 Å². The van der Waals surface area contributed by atoms with E-state index < -0.39 is 0 Å². The highest BCUT2D eigenvalue weighted by Gasteiger charge is 2.65. The summed E-state index contributed by atoms with van der Waals surface area (Å²) in [7, 11) is 0. The van der Waals surface area contributed by atoms with Gasteiger partial charge in [0.25, 0.3) is 0 Å². The van der Waals surface area contributed by atoms with E-state index in [4.69, 9.17) is 5.73 Å². The van der Waals surface area contributed by atoms with Crippen LogP contribution in [0.2, 0.25) is 0 Å². The Morgan fingerprint density at radius 3 is 1.87 bits per heavy atom. The van der Waals surface area contributed by atoms with Crippen LogP contribution in [0.25, 0.3) is 0 Å². The number of carbonyl (C=O) groups is 1. The minimum Gasteiger partial charge on any atom is -0.352 e. The van der Waals surface area contributed by atoms with Crippen molar-refractivity contribution in [1.29, 1.82) is 0 Å². The first-order valence-corrected chi connectivity index (χ1v) is 5.68. The van der Waals surface area contributed by atoms with E-state index in [2.05, 4.69) is 33.0 Å². The summed E-state index contributed by atoms with van der Waals surface area (Å²) in [5.74, 6) is -0.0363. The van der Waals surface area contributed by atoms with Crippen molar-refractivity contribution in [1.82, 2.24) is 5.32 Å². The minimum absolute atomic E-state index is 0.0775. The van der Waals surface area contributed by atoms with Crippen molar-refractivity contribution in [3.05, 3.63) is 0 Å². The molecule has 3 N–H and O–H groups in total. The summed E-state index contributed by atoms with van der Waals surface area (Å²) in [6.45, 7) is 12.5. The van der Waals surface area contributed by atoms with Crippen molar-refractivity contribution in [3.63, 3.8) is 0 Å². The molecule has 0 aliphatic heterocycles. The van der Waals surface area contributed by atoms with Crippen LogP contribution in [-0.4, -0.2) is 18.0 Å². The number of hydrogen-bond donors (Lipinski definition) is 2. The molecule has 0 radical (unpaired) electrons. The number of hydrogen-bond acceptors (Lipinski definition) is 2. The lowest BCUT2D eigenvalue weighted by Gasteiger charge is -2.16. The van der Waals surface area contributed by atoms with Crippen molar-refractivity contribution in [3.8, 4) is 0 Å². The fraction of sp³-hybridized carbons (Fsp3) is 0.917. The van der Waals surface area contributed by atoms with E-state index in [0.717, 1.165) is 0 Å². The van der Waals surface area contributed by atoms with E-state index in [1.807, 2.05) is 13.8 Å². The van der Waals surface area contributed by atoms with Crippen LogP contribution in [-0.2, 0) is 4.79 Å². The lowest BCUT2D eigenvalue weighted by Crippen LogP contribution is -2.41. The summed E-state index contributed by atoms with van der Waals surface area (Å²) in [5, 5.41) is 3.10. The standard InChI is InChI=1S/C12H24N2O/c1-7(8(2)13)9(15)14-10-11(3,4)12(10,5)6/h7-8,10H,13H2,1-6H3,(H,14,15). The molecule has 1 aliphatic carbocycles. The van der Waals surface area contributed by atoms with Gasteiger partial charge in [0, 0.05) is 18.0 Å². The Balaban J connectivity index is 2.56. The molecule has 0 aromatic heterocycles. The summed E-state index contributed by atoms with van der Waals surface area (Å²) >= 11 is 0. The fourth-order valence-corrected chi connectivity index (χ4v) is 2.07. The monoisotopic (exact) mass is 212 g/mol. The van der Waals surface area contributed by atoms with Gasteiger partial charge >= 0.3 is 0 Å². The molecule has 15 heavy (non-hydrogen) atoms. The van der Waals surface area contributed by atoms with Gasteiger partial charge in [-0.2, -0.15) is 0 Å². The molecule has 3 heteroatoms. The summed E-state index contributed by atoms with van der Waals surface area (Å²) in [6, 6.07) is 0.189. The third-order valence-corrected chi connectivity index (χ3v) is 4.51. The van der Waals surface area contributed by atoms with Crippen molar-refractivity contribution in [2.45, 2.75) is 53.6 Å². The Bertz CT molecular complexity index is 255. The molecule has 1 amide bonds. The van der Waals surface area contributed by atoms with Gasteiger partial charge in [-0.25, -0.2) is 0 Å². The number of nitrogens with two attached hydrogens (primary N) is 1. The summed E-state index contributed by atoms with van der Waals surface area (Å²) in [5.41, 5.74) is 6.10. The van der Waals surface area contributed by atoms with Crippen LogP contribution in [0.3, 0.4) is 0 Å². The van der Waals surface area contributed by atoms with Crippen LogP contribution in [0, 0.1) is 16.7 Å². The van der Waals surface area contributed by atoms with Gasteiger partial charge in [0.2, 0.25) is 5.91 Å². The first kappa shape index (κ1) is 12.5. The SMILES string of the molecule is CC(N)C(C)C(=O)NC1C(C)(C)C1(C)C. The molecule has 0 aromatic rings. The zero-order valence-electron chi connectivity index (χ0n) is 10.7. The molecular weight excluding hydrogens is 188 g/mol. The maximum Gasteiger partial charge on any atom is 0.224 e. The molecule has 1 saturated carbocycles. The lowest BCUT2D eigenvalue weighted by atomic mass is 10.0. The predicted molar refractivity (Wildman–Crippen MR) is 62.3 cm³/mol. The highest BCUT2D eigenvalue weighted by atomic mass is 16.2. The molecule has 0 saturated heterocycles. The first-order chi connectivity index (χ1) is 6.62. The Morgan fingerprint density at radius 2 is 1.60 bits per heavy atom. The van der Waals surface area contributed by atoms with Crippen LogP contribution in [0.4, 0.5) is 0 Å². The maximum atomic E-state index is 11.8. The third kappa shape index (κ3) is 1.89. The molecule has 0 bridgehead atoms.